The molecule has 0 amide bonds. The smallest absolute Gasteiger partial charge is 0.194 e. The molecule has 0 N–H and O–H groups in total. The monoisotopic (exact) mass is 149 g/mol. The molecule has 2 heteroatoms. The van der Waals surface area contributed by atoms with Gasteiger partial charge in [-0.25, -0.2) is 0 Å². The van der Waals surface area contributed by atoms with E-state index in [1.807, 2.05) is 30.7 Å². The standard InChI is InChI=1S/C9H11NO/c1-4-7-11-9-6-5-8(2)10(9)3/h1,5-6H,7H2,2-3H3. The highest BCUT2D eigenvalue weighted by molar-refractivity contribution is 5.20. The second-order valence-electron chi connectivity index (χ2n) is 2.36. The van der Waals surface area contributed by atoms with Crippen molar-refractivity contribution in [3.8, 4) is 18.2 Å². The molecule has 11 heavy (non-hydrogen) atoms. The van der Waals surface area contributed by atoms with Crippen LogP contribution in [-0.2, 0) is 7.05 Å². The van der Waals surface area contributed by atoms with Crippen molar-refractivity contribution < 1.29 is 4.74 Å². The van der Waals surface area contributed by atoms with Gasteiger partial charge in [0.15, 0.2) is 5.88 Å². The molecule has 0 atom stereocenters. The molecule has 0 aromatic carbocycles. The Hall–Kier alpha value is -1.36. The number of aromatic nitrogens is 1. The summed E-state index contributed by atoms with van der Waals surface area (Å²) in [5.41, 5.74) is 1.16. The van der Waals surface area contributed by atoms with E-state index in [1.165, 1.54) is 0 Å². The topological polar surface area (TPSA) is 14.2 Å². The van der Waals surface area contributed by atoms with Crippen LogP contribution in [0.4, 0.5) is 0 Å². The van der Waals surface area contributed by atoms with Crippen LogP contribution in [-0.4, -0.2) is 11.2 Å². The van der Waals surface area contributed by atoms with Gasteiger partial charge in [0.25, 0.3) is 0 Å². The maximum atomic E-state index is 5.23. The van der Waals surface area contributed by atoms with Crippen LogP contribution in [0, 0.1) is 19.3 Å². The summed E-state index contributed by atoms with van der Waals surface area (Å²) in [6.07, 6.45) is 5.05. The summed E-state index contributed by atoms with van der Waals surface area (Å²) in [6, 6.07) is 3.90. The lowest BCUT2D eigenvalue weighted by Gasteiger charge is -2.03. The average molecular weight is 149 g/mol. The Morgan fingerprint density at radius 1 is 1.64 bits per heavy atom. The van der Waals surface area contributed by atoms with Crippen molar-refractivity contribution in [3.05, 3.63) is 17.8 Å². The molecule has 0 aliphatic rings. The van der Waals surface area contributed by atoms with Crippen LogP contribution in [0.25, 0.3) is 0 Å². The Balaban J connectivity index is 2.72. The highest BCUT2D eigenvalue weighted by Crippen LogP contribution is 2.13. The molecule has 0 saturated heterocycles. The molecule has 0 spiro atoms. The molecular formula is C9H11NO. The van der Waals surface area contributed by atoms with Crippen LogP contribution in [0.3, 0.4) is 0 Å². The number of ether oxygens (including phenoxy) is 1. The number of terminal acetylenes is 1. The van der Waals surface area contributed by atoms with Crippen LogP contribution in [0.1, 0.15) is 5.69 Å². The van der Waals surface area contributed by atoms with Crippen molar-refractivity contribution >= 4 is 0 Å². The van der Waals surface area contributed by atoms with Gasteiger partial charge in [0.1, 0.15) is 6.61 Å². The van der Waals surface area contributed by atoms with E-state index in [0.717, 1.165) is 11.6 Å². The maximum Gasteiger partial charge on any atom is 0.194 e. The predicted molar refractivity (Wildman–Crippen MR) is 44.5 cm³/mol. The zero-order chi connectivity index (χ0) is 8.27. The van der Waals surface area contributed by atoms with Gasteiger partial charge in [-0.15, -0.1) is 6.42 Å². The first-order valence-corrected chi connectivity index (χ1v) is 3.44. The van der Waals surface area contributed by atoms with Crippen LogP contribution in [0.5, 0.6) is 5.88 Å². The van der Waals surface area contributed by atoms with Crippen molar-refractivity contribution in [2.24, 2.45) is 7.05 Å². The summed E-state index contributed by atoms with van der Waals surface area (Å²) >= 11 is 0. The van der Waals surface area contributed by atoms with E-state index in [2.05, 4.69) is 5.92 Å². The van der Waals surface area contributed by atoms with Crippen LogP contribution >= 0.6 is 0 Å². The first-order valence-electron chi connectivity index (χ1n) is 3.44. The highest BCUT2D eigenvalue weighted by atomic mass is 16.5. The summed E-state index contributed by atoms with van der Waals surface area (Å²) in [5.74, 6) is 3.24. The lowest BCUT2D eigenvalue weighted by Crippen LogP contribution is -1.99. The minimum Gasteiger partial charge on any atom is -0.466 e. The molecular weight excluding hydrogens is 138 g/mol. The van der Waals surface area contributed by atoms with Crippen LogP contribution in [0.15, 0.2) is 12.1 Å². The molecule has 0 bridgehead atoms. The fraction of sp³-hybridized carbons (Fsp3) is 0.333. The Kier molecular flexibility index (Phi) is 2.22. The average Bonchev–Trinajstić information content (AvgIpc) is 2.31. The summed E-state index contributed by atoms with van der Waals surface area (Å²) in [5, 5.41) is 0. The Labute approximate surface area is 66.8 Å². The third kappa shape index (κ3) is 1.56. The van der Waals surface area contributed by atoms with Gasteiger partial charge in [0.05, 0.1) is 0 Å². The molecule has 58 valence electrons. The first kappa shape index (κ1) is 7.74. The number of hydrogen-bond acceptors (Lipinski definition) is 1. The van der Waals surface area contributed by atoms with E-state index in [1.54, 1.807) is 0 Å². The van der Waals surface area contributed by atoms with Gasteiger partial charge in [-0.2, -0.15) is 0 Å². The third-order valence-corrected chi connectivity index (χ3v) is 1.63. The lowest BCUT2D eigenvalue weighted by molar-refractivity contribution is 0.341. The first-order chi connectivity index (χ1) is 5.25. The van der Waals surface area contributed by atoms with Crippen molar-refractivity contribution in [2.75, 3.05) is 6.61 Å². The van der Waals surface area contributed by atoms with Crippen LogP contribution in [0.2, 0.25) is 0 Å². The molecule has 0 radical (unpaired) electrons. The Morgan fingerprint density at radius 2 is 2.36 bits per heavy atom. The summed E-state index contributed by atoms with van der Waals surface area (Å²) in [7, 11) is 1.95. The zero-order valence-corrected chi connectivity index (χ0v) is 6.79. The zero-order valence-electron chi connectivity index (χ0n) is 6.79. The quantitative estimate of drug-likeness (QED) is 0.579. The predicted octanol–water partition coefficient (Wildman–Crippen LogP) is 1.35. The van der Waals surface area contributed by atoms with E-state index in [4.69, 9.17) is 11.2 Å². The van der Waals surface area contributed by atoms with Gasteiger partial charge in [-0.1, -0.05) is 5.92 Å². The molecule has 0 aliphatic heterocycles. The van der Waals surface area contributed by atoms with Gasteiger partial charge >= 0.3 is 0 Å². The minimum atomic E-state index is 0.331. The molecule has 0 unspecified atom stereocenters. The van der Waals surface area contributed by atoms with Gasteiger partial charge < -0.3 is 9.30 Å². The van der Waals surface area contributed by atoms with E-state index in [0.29, 0.717) is 6.61 Å². The van der Waals surface area contributed by atoms with Gasteiger partial charge in [0.2, 0.25) is 0 Å². The Morgan fingerprint density at radius 3 is 2.82 bits per heavy atom. The second kappa shape index (κ2) is 3.16. The Bertz CT molecular complexity index is 280. The minimum absolute atomic E-state index is 0.331. The van der Waals surface area contributed by atoms with Gasteiger partial charge in [0, 0.05) is 18.8 Å². The van der Waals surface area contributed by atoms with Crippen molar-refractivity contribution in [2.45, 2.75) is 6.92 Å². The molecule has 1 heterocycles. The van der Waals surface area contributed by atoms with E-state index < -0.39 is 0 Å². The van der Waals surface area contributed by atoms with E-state index >= 15 is 0 Å². The number of rotatable bonds is 2. The fourth-order valence-corrected chi connectivity index (χ4v) is 0.850. The number of aryl methyl sites for hydroxylation is 1. The fourth-order valence-electron chi connectivity index (χ4n) is 0.850. The number of hydrogen-bond donors (Lipinski definition) is 0. The molecule has 1 aromatic heterocycles. The number of nitrogens with zero attached hydrogens (tertiary/aromatic N) is 1. The van der Waals surface area contributed by atoms with Crippen molar-refractivity contribution in [1.29, 1.82) is 0 Å². The lowest BCUT2D eigenvalue weighted by atomic mass is 10.5. The largest absolute Gasteiger partial charge is 0.466 e. The summed E-state index contributed by atoms with van der Waals surface area (Å²) in [6.45, 7) is 2.35. The molecule has 0 saturated carbocycles. The summed E-state index contributed by atoms with van der Waals surface area (Å²) in [4.78, 5) is 0. The molecule has 1 aromatic rings. The van der Waals surface area contributed by atoms with Crippen molar-refractivity contribution in [3.63, 3.8) is 0 Å². The third-order valence-electron chi connectivity index (χ3n) is 1.63. The molecule has 1 rings (SSSR count). The van der Waals surface area contributed by atoms with E-state index in [9.17, 15) is 0 Å². The van der Waals surface area contributed by atoms with Crippen molar-refractivity contribution in [1.82, 2.24) is 4.57 Å². The maximum absolute atomic E-state index is 5.23. The second-order valence-corrected chi connectivity index (χ2v) is 2.36. The van der Waals surface area contributed by atoms with E-state index in [-0.39, 0.29) is 0 Å². The van der Waals surface area contributed by atoms with Gasteiger partial charge in [-0.05, 0) is 13.0 Å². The highest BCUT2D eigenvalue weighted by Gasteiger charge is 1.99. The van der Waals surface area contributed by atoms with Gasteiger partial charge in [-0.3, -0.25) is 0 Å². The molecule has 0 fully saturated rings. The SMILES string of the molecule is C#CCOc1ccc(C)n1C. The van der Waals surface area contributed by atoms with Crippen LogP contribution < -0.4 is 4.74 Å². The molecule has 2 nitrogen and oxygen atoms in total. The molecule has 0 aliphatic carbocycles. The summed E-state index contributed by atoms with van der Waals surface area (Å²) < 4.78 is 7.19. The normalized spacial score (nSPS) is 9.18.